The molecule has 2 aliphatic heterocycles. The quantitative estimate of drug-likeness (QED) is 0.139. The lowest BCUT2D eigenvalue weighted by molar-refractivity contribution is -0.260. The van der Waals surface area contributed by atoms with Crippen molar-refractivity contribution in [3.05, 3.63) is 47.6 Å². The fourth-order valence-electron chi connectivity index (χ4n) is 7.50. The third kappa shape index (κ3) is 6.09. The van der Waals surface area contributed by atoms with Gasteiger partial charge in [0.15, 0.2) is 17.5 Å². The Labute approximate surface area is 255 Å². The minimum absolute atomic E-state index is 0.0230. The molecule has 0 radical (unpaired) electrons. The molecule has 0 spiro atoms. The van der Waals surface area contributed by atoms with Crippen molar-refractivity contribution in [1.82, 2.24) is 0 Å². The number of fused-ring (bicyclic) bond motifs is 2. The van der Waals surface area contributed by atoms with Gasteiger partial charge < -0.3 is 34.3 Å². The molecule has 2 aliphatic carbocycles. The van der Waals surface area contributed by atoms with Crippen LogP contribution in [0, 0.1) is 5.92 Å². The van der Waals surface area contributed by atoms with Crippen molar-refractivity contribution in [2.75, 3.05) is 13.7 Å². The third-order valence-electron chi connectivity index (χ3n) is 10.1. The lowest BCUT2D eigenvalue weighted by Gasteiger charge is -2.51. The summed E-state index contributed by atoms with van der Waals surface area (Å²) in [6.45, 7) is 15.2. The first-order valence-electron chi connectivity index (χ1n) is 15.3. The summed E-state index contributed by atoms with van der Waals surface area (Å²) in [6, 6.07) is 0. The molecule has 2 bridgehead atoms. The van der Waals surface area contributed by atoms with Crippen LogP contribution in [0.4, 0.5) is 0 Å². The van der Waals surface area contributed by atoms with Crippen molar-refractivity contribution < 1.29 is 43.9 Å². The van der Waals surface area contributed by atoms with Crippen LogP contribution in [0.3, 0.4) is 0 Å². The van der Waals surface area contributed by atoms with Gasteiger partial charge in [0.2, 0.25) is 0 Å². The molecule has 4 fully saturated rings. The maximum atomic E-state index is 13.2. The Kier molecular flexibility index (Phi) is 9.41. The first kappa shape index (κ1) is 33.7. The highest BCUT2D eigenvalue weighted by molar-refractivity contribution is 5.86. The second kappa shape index (κ2) is 12.0. The summed E-state index contributed by atoms with van der Waals surface area (Å²) < 4.78 is 23.5. The molecule has 240 valence electrons. The lowest BCUT2D eigenvalue weighted by atomic mass is 9.62. The highest BCUT2D eigenvalue weighted by Gasteiger charge is 2.77. The van der Waals surface area contributed by atoms with Gasteiger partial charge in [-0.3, -0.25) is 4.79 Å². The molecule has 0 aromatic rings. The van der Waals surface area contributed by atoms with E-state index in [0.29, 0.717) is 19.3 Å². The van der Waals surface area contributed by atoms with Crippen LogP contribution < -0.4 is 0 Å². The number of carbonyl (C=O) groups excluding carboxylic acids is 2. The van der Waals surface area contributed by atoms with Crippen LogP contribution in [-0.2, 0) is 28.5 Å². The first-order valence-corrected chi connectivity index (χ1v) is 15.3. The summed E-state index contributed by atoms with van der Waals surface area (Å²) >= 11 is 0. The van der Waals surface area contributed by atoms with Gasteiger partial charge in [-0.2, -0.15) is 0 Å². The number of esters is 1. The molecule has 43 heavy (non-hydrogen) atoms. The van der Waals surface area contributed by atoms with E-state index in [9.17, 15) is 24.9 Å². The van der Waals surface area contributed by atoms with Crippen molar-refractivity contribution >= 4 is 11.8 Å². The number of ketones is 1. The summed E-state index contributed by atoms with van der Waals surface area (Å²) in [6.07, 6.45) is 6.80. The van der Waals surface area contributed by atoms with Gasteiger partial charge in [-0.15, -0.1) is 0 Å². The van der Waals surface area contributed by atoms with Crippen LogP contribution in [0.2, 0.25) is 0 Å². The van der Waals surface area contributed by atoms with Gasteiger partial charge >= 0.3 is 5.97 Å². The molecule has 9 heteroatoms. The van der Waals surface area contributed by atoms with Crippen molar-refractivity contribution in [2.24, 2.45) is 5.92 Å². The van der Waals surface area contributed by atoms with Gasteiger partial charge in [-0.25, -0.2) is 4.79 Å². The van der Waals surface area contributed by atoms with Gasteiger partial charge in [0, 0.05) is 25.9 Å². The standard InChI is InChI=1S/C34H50O9/c1-21(2)10-9-15-30(6)24-18-32(43-30,16-13-23(24)5)19-26(36)29(37)41-20-33(38)17-14-25(35)28(40-8)34(33,39)31(7)27(42-31)12-11-22(3)4/h9-11,15,24,26-28,36,38-39H,5,12-14,16-20H2,1-4,6-8H3/b15-9+/t24-,26+,27-,28+,30+,31-,32-,33-,34-/m0/s1. The number of rotatable bonds is 11. The first-order chi connectivity index (χ1) is 20.0. The normalized spacial score (nSPS) is 41.2. The van der Waals surface area contributed by atoms with E-state index in [1.165, 1.54) is 7.11 Å². The number of carbonyl (C=O) groups is 2. The molecule has 0 aromatic heterocycles. The Morgan fingerprint density at radius 2 is 1.84 bits per heavy atom. The van der Waals surface area contributed by atoms with Crippen molar-refractivity contribution in [2.45, 2.75) is 133 Å². The molecule has 2 saturated heterocycles. The van der Waals surface area contributed by atoms with Crippen LogP contribution in [0.25, 0.3) is 0 Å². The zero-order chi connectivity index (χ0) is 32.0. The van der Waals surface area contributed by atoms with Gasteiger partial charge in [0.05, 0.1) is 17.3 Å². The molecule has 3 N–H and O–H groups in total. The Morgan fingerprint density at radius 1 is 1.14 bits per heavy atom. The highest BCUT2D eigenvalue weighted by atomic mass is 16.6. The largest absolute Gasteiger partial charge is 0.461 e. The molecule has 9 nitrogen and oxygen atoms in total. The van der Waals surface area contributed by atoms with E-state index in [0.717, 1.165) is 23.1 Å². The number of hydrogen-bond acceptors (Lipinski definition) is 9. The Bertz CT molecular complexity index is 1210. The van der Waals surface area contributed by atoms with Gasteiger partial charge in [0.25, 0.3) is 0 Å². The van der Waals surface area contributed by atoms with Gasteiger partial charge in [-0.1, -0.05) is 47.6 Å². The summed E-state index contributed by atoms with van der Waals surface area (Å²) in [7, 11) is 1.29. The number of ether oxygens (including phenoxy) is 4. The topological polar surface area (TPSA) is 135 Å². The fourth-order valence-corrected chi connectivity index (χ4v) is 7.50. The number of aliphatic hydroxyl groups is 3. The minimum atomic E-state index is -2.20. The maximum Gasteiger partial charge on any atom is 0.335 e. The third-order valence-corrected chi connectivity index (χ3v) is 10.1. The van der Waals surface area contributed by atoms with E-state index in [4.69, 9.17) is 18.9 Å². The zero-order valence-corrected chi connectivity index (χ0v) is 26.8. The van der Waals surface area contributed by atoms with E-state index < -0.39 is 58.9 Å². The second-order valence-electron chi connectivity index (χ2n) is 13.9. The monoisotopic (exact) mass is 602 g/mol. The van der Waals surface area contributed by atoms with Crippen molar-refractivity contribution in [1.29, 1.82) is 0 Å². The Morgan fingerprint density at radius 3 is 2.47 bits per heavy atom. The smallest absolute Gasteiger partial charge is 0.335 e. The van der Waals surface area contributed by atoms with E-state index >= 15 is 0 Å². The molecule has 9 atom stereocenters. The van der Waals surface area contributed by atoms with Gasteiger partial charge in [-0.05, 0) is 73.6 Å². The molecular weight excluding hydrogens is 552 g/mol. The molecule has 4 aliphatic rings. The van der Waals surface area contributed by atoms with E-state index in [1.54, 1.807) is 6.92 Å². The van der Waals surface area contributed by atoms with Crippen molar-refractivity contribution in [3.8, 4) is 0 Å². The van der Waals surface area contributed by atoms with E-state index in [2.05, 4.69) is 6.58 Å². The minimum Gasteiger partial charge on any atom is -0.461 e. The summed E-state index contributed by atoms with van der Waals surface area (Å²) in [4.78, 5) is 26.0. The molecular formula is C34H50O9. The van der Waals surface area contributed by atoms with Gasteiger partial charge in [0.1, 0.15) is 23.9 Å². The second-order valence-corrected chi connectivity index (χ2v) is 13.9. The van der Waals surface area contributed by atoms with E-state index in [-0.39, 0.29) is 31.0 Å². The number of aliphatic hydroxyl groups excluding tert-OH is 1. The van der Waals surface area contributed by atoms with E-state index in [1.807, 2.05) is 58.9 Å². The predicted molar refractivity (Wildman–Crippen MR) is 161 cm³/mol. The van der Waals surface area contributed by atoms with Crippen LogP contribution in [0.1, 0.15) is 86.5 Å². The number of epoxide rings is 1. The Hall–Kier alpha value is -2.14. The molecule has 2 saturated carbocycles. The SMILES string of the molecule is C=C1CC[C@@]2(C[C@@H](O)C(=O)OC[C@@]3(O)CCC(=O)[C@@H](OC)[C@]3(O)[C@@]3(C)O[C@H]3CC=C(C)C)C[C@@H]1[C@@](C)(/C=C/C=C(C)C)O2. The number of methoxy groups -OCH3 is 1. The number of hydrogen-bond donors (Lipinski definition) is 3. The molecule has 0 amide bonds. The molecule has 2 heterocycles. The lowest BCUT2D eigenvalue weighted by Crippen LogP contribution is -2.75. The number of Topliss-reactive ketones (excluding diaryl/α,β-unsaturated/α-hetero) is 1. The zero-order valence-electron chi connectivity index (χ0n) is 26.8. The fraction of sp³-hybridized carbons (Fsp3) is 0.706. The van der Waals surface area contributed by atoms with Crippen LogP contribution in [0.5, 0.6) is 0 Å². The number of allylic oxidation sites excluding steroid dienone is 4. The molecule has 0 aromatic carbocycles. The maximum absolute atomic E-state index is 13.2. The highest BCUT2D eigenvalue weighted by Crippen LogP contribution is 2.57. The van der Waals surface area contributed by atoms with Crippen LogP contribution in [0.15, 0.2) is 47.6 Å². The average Bonchev–Trinajstić information content (AvgIpc) is 3.54. The summed E-state index contributed by atoms with van der Waals surface area (Å²) in [5.41, 5.74) is -3.63. The average molecular weight is 603 g/mol. The molecule has 4 rings (SSSR count). The Balaban J connectivity index is 1.48. The summed E-state index contributed by atoms with van der Waals surface area (Å²) in [5, 5.41) is 35.0. The molecule has 0 unspecified atom stereocenters. The van der Waals surface area contributed by atoms with Crippen LogP contribution >= 0.6 is 0 Å². The van der Waals surface area contributed by atoms with Crippen molar-refractivity contribution in [3.63, 3.8) is 0 Å². The van der Waals surface area contributed by atoms with Crippen LogP contribution in [-0.4, -0.2) is 87.1 Å². The predicted octanol–water partition coefficient (Wildman–Crippen LogP) is 4.04. The summed E-state index contributed by atoms with van der Waals surface area (Å²) in [5.74, 6) is -1.25.